The SMILES string of the molecule is Cc1ccc(CN(Cc2ccccc2)Cc2cc(=O)n3nc(C4CCCCC4)sc3n2)cc1. The summed E-state index contributed by atoms with van der Waals surface area (Å²) in [5.41, 5.74) is 4.49. The van der Waals surface area contributed by atoms with Crippen LogP contribution in [-0.4, -0.2) is 19.5 Å². The van der Waals surface area contributed by atoms with E-state index in [9.17, 15) is 4.79 Å². The first-order valence-electron chi connectivity index (χ1n) is 11.9. The van der Waals surface area contributed by atoms with Crippen LogP contribution in [0.4, 0.5) is 0 Å². The van der Waals surface area contributed by atoms with Gasteiger partial charge in [-0.3, -0.25) is 9.69 Å². The van der Waals surface area contributed by atoms with Gasteiger partial charge in [-0.2, -0.15) is 9.61 Å². The summed E-state index contributed by atoms with van der Waals surface area (Å²) in [4.78, 5) is 20.8. The van der Waals surface area contributed by atoms with Crippen molar-refractivity contribution in [1.82, 2.24) is 19.5 Å². The average Bonchev–Trinajstić information content (AvgIpc) is 3.27. The Bertz CT molecular complexity index is 1260. The van der Waals surface area contributed by atoms with Gasteiger partial charge in [-0.15, -0.1) is 0 Å². The quantitative estimate of drug-likeness (QED) is 0.356. The topological polar surface area (TPSA) is 50.5 Å². The lowest BCUT2D eigenvalue weighted by Crippen LogP contribution is -2.25. The summed E-state index contributed by atoms with van der Waals surface area (Å²) in [5.74, 6) is 0.476. The molecule has 1 aliphatic rings. The van der Waals surface area contributed by atoms with E-state index in [1.807, 2.05) is 6.07 Å². The normalized spacial score (nSPS) is 14.8. The highest BCUT2D eigenvalue weighted by atomic mass is 32.1. The molecule has 5 nitrogen and oxygen atoms in total. The number of nitrogens with zero attached hydrogens (tertiary/aromatic N) is 4. The molecule has 1 aliphatic carbocycles. The van der Waals surface area contributed by atoms with Crippen molar-refractivity contribution in [2.75, 3.05) is 0 Å². The summed E-state index contributed by atoms with van der Waals surface area (Å²) in [6.45, 7) is 4.32. The van der Waals surface area contributed by atoms with E-state index in [-0.39, 0.29) is 5.56 Å². The fraction of sp³-hybridized carbons (Fsp3) is 0.370. The molecule has 33 heavy (non-hydrogen) atoms. The van der Waals surface area contributed by atoms with E-state index in [1.165, 1.54) is 53.3 Å². The van der Waals surface area contributed by atoms with Crippen LogP contribution in [0.3, 0.4) is 0 Å². The molecular formula is C27H30N4OS. The van der Waals surface area contributed by atoms with Crippen LogP contribution in [0.5, 0.6) is 0 Å². The van der Waals surface area contributed by atoms with E-state index in [4.69, 9.17) is 4.98 Å². The van der Waals surface area contributed by atoms with Gasteiger partial charge in [0.25, 0.3) is 5.56 Å². The Balaban J connectivity index is 1.41. The fourth-order valence-corrected chi connectivity index (χ4v) is 5.75. The Morgan fingerprint density at radius 2 is 1.64 bits per heavy atom. The molecule has 0 bridgehead atoms. The van der Waals surface area contributed by atoms with Crippen molar-refractivity contribution >= 4 is 16.3 Å². The molecule has 0 unspecified atom stereocenters. The van der Waals surface area contributed by atoms with Crippen molar-refractivity contribution in [3.05, 3.63) is 98.4 Å². The molecule has 170 valence electrons. The summed E-state index contributed by atoms with van der Waals surface area (Å²) in [5, 5.41) is 5.71. The molecule has 1 fully saturated rings. The lowest BCUT2D eigenvalue weighted by atomic mass is 9.90. The molecule has 6 heteroatoms. The molecule has 2 aromatic heterocycles. The van der Waals surface area contributed by atoms with Gasteiger partial charge in [-0.05, 0) is 30.9 Å². The molecule has 0 radical (unpaired) electrons. The van der Waals surface area contributed by atoms with E-state index >= 15 is 0 Å². The van der Waals surface area contributed by atoms with E-state index in [1.54, 1.807) is 17.4 Å². The molecule has 0 atom stereocenters. The third-order valence-corrected chi connectivity index (χ3v) is 7.50. The molecule has 1 saturated carbocycles. The highest BCUT2D eigenvalue weighted by Gasteiger charge is 2.21. The molecule has 5 rings (SSSR count). The first kappa shape index (κ1) is 22.0. The molecule has 0 saturated heterocycles. The third-order valence-electron chi connectivity index (χ3n) is 6.43. The molecule has 0 amide bonds. The minimum absolute atomic E-state index is 0.0803. The Morgan fingerprint density at radius 1 is 0.939 bits per heavy atom. The van der Waals surface area contributed by atoms with E-state index < -0.39 is 0 Å². The monoisotopic (exact) mass is 458 g/mol. The fourth-order valence-electron chi connectivity index (χ4n) is 4.66. The van der Waals surface area contributed by atoms with Gasteiger partial charge >= 0.3 is 0 Å². The highest BCUT2D eigenvalue weighted by Crippen LogP contribution is 2.34. The first-order chi connectivity index (χ1) is 16.1. The second kappa shape index (κ2) is 9.98. The maximum atomic E-state index is 12.9. The van der Waals surface area contributed by atoms with Crippen LogP contribution < -0.4 is 5.56 Å². The number of benzene rings is 2. The minimum atomic E-state index is -0.0803. The minimum Gasteiger partial charge on any atom is -0.289 e. The Morgan fingerprint density at radius 3 is 2.36 bits per heavy atom. The summed E-state index contributed by atoms with van der Waals surface area (Å²) in [7, 11) is 0. The Hall–Kier alpha value is -2.83. The standard InChI is InChI=1S/C27H30N4OS/c1-20-12-14-22(15-13-20)18-30(17-21-8-4-2-5-9-21)19-24-16-25(32)31-27(28-24)33-26(29-31)23-10-6-3-7-11-23/h2,4-5,8-9,12-16,23H,3,6-7,10-11,17-19H2,1H3. The van der Waals surface area contributed by atoms with Crippen molar-refractivity contribution in [2.45, 2.75) is 64.6 Å². The van der Waals surface area contributed by atoms with Gasteiger partial charge in [0.2, 0.25) is 4.96 Å². The van der Waals surface area contributed by atoms with Crippen molar-refractivity contribution in [3.63, 3.8) is 0 Å². The van der Waals surface area contributed by atoms with Gasteiger partial charge in [0.05, 0.1) is 5.69 Å². The van der Waals surface area contributed by atoms with E-state index in [0.717, 1.165) is 23.8 Å². The molecule has 2 heterocycles. The van der Waals surface area contributed by atoms with Crippen molar-refractivity contribution in [2.24, 2.45) is 0 Å². The van der Waals surface area contributed by atoms with Crippen LogP contribution in [0, 0.1) is 6.92 Å². The van der Waals surface area contributed by atoms with E-state index in [0.29, 0.717) is 17.4 Å². The zero-order valence-corrected chi connectivity index (χ0v) is 19.9. The molecule has 0 spiro atoms. The highest BCUT2D eigenvalue weighted by molar-refractivity contribution is 7.16. The Kier molecular flexibility index (Phi) is 6.65. The van der Waals surface area contributed by atoms with Crippen molar-refractivity contribution in [3.8, 4) is 0 Å². The predicted octanol–water partition coefficient (Wildman–Crippen LogP) is 5.71. The summed E-state index contributed by atoms with van der Waals surface area (Å²) < 4.78 is 1.50. The van der Waals surface area contributed by atoms with Gasteiger partial charge in [0, 0.05) is 31.6 Å². The number of aryl methyl sites for hydroxylation is 1. The van der Waals surface area contributed by atoms with Crippen LogP contribution >= 0.6 is 11.3 Å². The molecule has 0 N–H and O–H groups in total. The maximum Gasteiger partial charge on any atom is 0.275 e. The van der Waals surface area contributed by atoms with Gasteiger partial charge in [0.1, 0.15) is 5.01 Å². The molecular weight excluding hydrogens is 428 g/mol. The number of rotatable bonds is 7. The Labute approximate surface area is 198 Å². The smallest absolute Gasteiger partial charge is 0.275 e. The number of hydrogen-bond donors (Lipinski definition) is 0. The molecule has 4 aromatic rings. The van der Waals surface area contributed by atoms with Crippen molar-refractivity contribution in [1.29, 1.82) is 0 Å². The molecule has 2 aromatic carbocycles. The summed E-state index contributed by atoms with van der Waals surface area (Å²) in [6, 6.07) is 20.8. The van der Waals surface area contributed by atoms with Gasteiger partial charge < -0.3 is 0 Å². The number of aromatic nitrogens is 3. The van der Waals surface area contributed by atoms with Gasteiger partial charge in [-0.25, -0.2) is 4.98 Å². The summed E-state index contributed by atoms with van der Waals surface area (Å²) in [6.07, 6.45) is 6.15. The first-order valence-corrected chi connectivity index (χ1v) is 12.7. The van der Waals surface area contributed by atoms with E-state index in [2.05, 4.69) is 65.5 Å². The number of fused-ring (bicyclic) bond motifs is 1. The van der Waals surface area contributed by atoms with Crippen molar-refractivity contribution < 1.29 is 0 Å². The maximum absolute atomic E-state index is 12.9. The second-order valence-electron chi connectivity index (χ2n) is 9.17. The van der Waals surface area contributed by atoms with Gasteiger partial charge in [0.15, 0.2) is 0 Å². The van der Waals surface area contributed by atoms with Crippen LogP contribution in [0.2, 0.25) is 0 Å². The average molecular weight is 459 g/mol. The zero-order valence-electron chi connectivity index (χ0n) is 19.1. The van der Waals surface area contributed by atoms with Crippen LogP contribution in [0.15, 0.2) is 65.5 Å². The lowest BCUT2D eigenvalue weighted by molar-refractivity contribution is 0.244. The number of hydrogen-bond acceptors (Lipinski definition) is 5. The summed E-state index contributed by atoms with van der Waals surface area (Å²) >= 11 is 1.59. The van der Waals surface area contributed by atoms with Crippen LogP contribution in [0.1, 0.15) is 65.4 Å². The predicted molar refractivity (Wildman–Crippen MR) is 134 cm³/mol. The third kappa shape index (κ3) is 5.40. The largest absolute Gasteiger partial charge is 0.289 e. The lowest BCUT2D eigenvalue weighted by Gasteiger charge is -2.22. The molecule has 0 aliphatic heterocycles. The van der Waals surface area contributed by atoms with Crippen LogP contribution in [0.25, 0.3) is 4.96 Å². The van der Waals surface area contributed by atoms with Gasteiger partial charge in [-0.1, -0.05) is 90.8 Å². The van der Waals surface area contributed by atoms with Crippen LogP contribution in [-0.2, 0) is 19.6 Å². The zero-order chi connectivity index (χ0) is 22.6. The second-order valence-corrected chi connectivity index (χ2v) is 10.2.